The van der Waals surface area contributed by atoms with Crippen molar-refractivity contribution >= 4 is 11.9 Å². The Labute approximate surface area is 135 Å². The minimum Gasteiger partial charge on any atom is -0.444 e. The van der Waals surface area contributed by atoms with Crippen LogP contribution in [-0.2, 0) is 9.53 Å². The van der Waals surface area contributed by atoms with Gasteiger partial charge in [0.25, 0.3) is 0 Å². The third kappa shape index (κ3) is 8.37. The van der Waals surface area contributed by atoms with Crippen molar-refractivity contribution < 1.29 is 14.3 Å². The van der Waals surface area contributed by atoms with Gasteiger partial charge in [-0.3, -0.25) is 9.69 Å². The van der Waals surface area contributed by atoms with Gasteiger partial charge in [0.2, 0.25) is 0 Å². The number of carbonyl (C=O) groups is 2. The summed E-state index contributed by atoms with van der Waals surface area (Å²) in [5.74, 6) is 0.0726. The number of amides is 1. The number of likely N-dealkylation sites (N-methyl/N-ethyl adjacent to an activating group) is 1. The Kier molecular flexibility index (Phi) is 8.09. The van der Waals surface area contributed by atoms with Crippen LogP contribution in [0.25, 0.3) is 0 Å². The summed E-state index contributed by atoms with van der Waals surface area (Å²) in [6.07, 6.45) is 0.591. The first kappa shape index (κ1) is 20.9. The van der Waals surface area contributed by atoms with Gasteiger partial charge in [-0.05, 0) is 61.4 Å². The number of hydrogen-bond donors (Lipinski definition) is 1. The highest BCUT2D eigenvalue weighted by Gasteiger charge is 2.30. The summed E-state index contributed by atoms with van der Waals surface area (Å²) in [5.41, 5.74) is -0.573. The second-order valence-corrected chi connectivity index (χ2v) is 7.57. The molecule has 0 aromatic rings. The maximum Gasteiger partial charge on any atom is 0.410 e. The van der Waals surface area contributed by atoms with Crippen LogP contribution in [0.1, 0.15) is 68.2 Å². The lowest BCUT2D eigenvalue weighted by atomic mass is 10.0. The average Bonchev–Trinajstić information content (AvgIpc) is 2.33. The molecule has 0 radical (unpaired) electrons. The van der Waals surface area contributed by atoms with Crippen LogP contribution in [0.4, 0.5) is 4.79 Å². The molecule has 1 amide bonds. The number of nitrogens with one attached hydrogen (secondary N) is 1. The van der Waals surface area contributed by atoms with E-state index in [1.165, 1.54) is 0 Å². The minimum absolute atomic E-state index is 0.0111. The van der Waals surface area contributed by atoms with Crippen LogP contribution >= 0.6 is 0 Å². The number of hydrogen-bond acceptors (Lipinski definition) is 4. The molecule has 1 atom stereocenters. The summed E-state index contributed by atoms with van der Waals surface area (Å²) in [7, 11) is 0. The van der Waals surface area contributed by atoms with Crippen LogP contribution in [0.5, 0.6) is 0 Å². The molecule has 0 aliphatic carbocycles. The fraction of sp³-hybridized carbons (Fsp3) is 0.882. The van der Waals surface area contributed by atoms with Crippen molar-refractivity contribution in [2.75, 3.05) is 13.1 Å². The van der Waals surface area contributed by atoms with Crippen LogP contribution < -0.4 is 5.32 Å². The number of carbonyl (C=O) groups excluding carboxylic acids is 2. The molecule has 0 aromatic carbocycles. The molecule has 5 heteroatoms. The maximum atomic E-state index is 12.3. The van der Waals surface area contributed by atoms with E-state index in [4.69, 9.17) is 4.74 Å². The molecule has 0 aliphatic rings. The van der Waals surface area contributed by atoms with Crippen molar-refractivity contribution in [3.8, 4) is 0 Å². The Balaban J connectivity index is 4.96. The zero-order valence-corrected chi connectivity index (χ0v) is 15.6. The maximum absolute atomic E-state index is 12.3. The molecule has 5 nitrogen and oxygen atoms in total. The van der Waals surface area contributed by atoms with Crippen LogP contribution in [-0.4, -0.2) is 47.0 Å². The highest BCUT2D eigenvalue weighted by Crippen LogP contribution is 2.15. The Bertz CT molecular complexity index is 367. The van der Waals surface area contributed by atoms with Crippen molar-refractivity contribution in [2.24, 2.45) is 0 Å². The Morgan fingerprint density at radius 3 is 2.00 bits per heavy atom. The fourth-order valence-corrected chi connectivity index (χ4v) is 2.11. The summed E-state index contributed by atoms with van der Waals surface area (Å²) in [5, 5.41) is 3.37. The minimum atomic E-state index is -0.562. The summed E-state index contributed by atoms with van der Waals surface area (Å²) in [6.45, 7) is 16.6. The molecule has 0 heterocycles. The quantitative estimate of drug-likeness (QED) is 0.782. The highest BCUT2D eigenvalue weighted by molar-refractivity contribution is 5.87. The Morgan fingerprint density at radius 1 is 1.09 bits per heavy atom. The zero-order valence-electron chi connectivity index (χ0n) is 15.6. The van der Waals surface area contributed by atoms with Crippen molar-refractivity contribution in [2.45, 2.75) is 85.4 Å². The molecular weight excluding hydrogens is 280 g/mol. The number of ketones is 1. The number of Topliss-reactive ketones (excluding diaryl/α,β-unsaturated/α-hetero) is 1. The van der Waals surface area contributed by atoms with E-state index in [1.807, 2.05) is 34.6 Å². The number of rotatable bonds is 7. The van der Waals surface area contributed by atoms with Crippen molar-refractivity contribution in [3.05, 3.63) is 0 Å². The molecule has 1 N–H and O–H groups in total. The fourth-order valence-electron chi connectivity index (χ4n) is 2.11. The standard InChI is InChI=1S/C17H34N2O3/c1-9-14(20)13(11-12-18-16(3,4)5)19(10-2)15(21)22-17(6,7)8/h13,18H,9-12H2,1-8H3. The van der Waals surface area contributed by atoms with E-state index in [1.54, 1.807) is 4.90 Å². The van der Waals surface area contributed by atoms with Gasteiger partial charge in [-0.1, -0.05) is 6.92 Å². The summed E-state index contributed by atoms with van der Waals surface area (Å²) in [6, 6.07) is -0.431. The monoisotopic (exact) mass is 314 g/mol. The van der Waals surface area contributed by atoms with Crippen molar-refractivity contribution in [3.63, 3.8) is 0 Å². The molecule has 0 saturated carbocycles. The van der Waals surface area contributed by atoms with E-state index in [0.717, 1.165) is 0 Å². The molecule has 130 valence electrons. The SMILES string of the molecule is CCC(=O)C(CCNC(C)(C)C)N(CC)C(=O)OC(C)(C)C. The van der Waals surface area contributed by atoms with E-state index in [-0.39, 0.29) is 11.3 Å². The van der Waals surface area contributed by atoms with Crippen molar-refractivity contribution in [1.82, 2.24) is 10.2 Å². The molecule has 0 bridgehead atoms. The number of nitrogens with zero attached hydrogens (tertiary/aromatic N) is 1. The van der Waals surface area contributed by atoms with Gasteiger partial charge in [0, 0.05) is 18.5 Å². The molecule has 0 saturated heterocycles. The van der Waals surface area contributed by atoms with E-state index in [2.05, 4.69) is 26.1 Å². The summed E-state index contributed by atoms with van der Waals surface area (Å²) in [4.78, 5) is 26.1. The van der Waals surface area contributed by atoms with Gasteiger partial charge in [0.15, 0.2) is 5.78 Å². The Morgan fingerprint density at radius 2 is 1.64 bits per heavy atom. The van der Waals surface area contributed by atoms with Gasteiger partial charge in [-0.15, -0.1) is 0 Å². The van der Waals surface area contributed by atoms with E-state index in [0.29, 0.717) is 25.9 Å². The second kappa shape index (κ2) is 8.51. The van der Waals surface area contributed by atoms with Gasteiger partial charge < -0.3 is 10.1 Å². The van der Waals surface area contributed by atoms with Crippen LogP contribution in [0.15, 0.2) is 0 Å². The van der Waals surface area contributed by atoms with Gasteiger partial charge >= 0.3 is 6.09 Å². The van der Waals surface area contributed by atoms with Crippen LogP contribution in [0, 0.1) is 0 Å². The largest absolute Gasteiger partial charge is 0.444 e. The Hall–Kier alpha value is -1.10. The van der Waals surface area contributed by atoms with E-state index in [9.17, 15) is 9.59 Å². The van der Waals surface area contributed by atoms with E-state index >= 15 is 0 Å². The molecule has 0 fully saturated rings. The molecule has 1 unspecified atom stereocenters. The first-order valence-electron chi connectivity index (χ1n) is 8.18. The molecular formula is C17H34N2O3. The van der Waals surface area contributed by atoms with E-state index < -0.39 is 17.7 Å². The van der Waals surface area contributed by atoms with Crippen molar-refractivity contribution in [1.29, 1.82) is 0 Å². The lowest BCUT2D eigenvalue weighted by Crippen LogP contribution is -2.49. The molecule has 0 aliphatic heterocycles. The van der Waals surface area contributed by atoms with Gasteiger partial charge in [-0.2, -0.15) is 0 Å². The molecule has 22 heavy (non-hydrogen) atoms. The topological polar surface area (TPSA) is 58.6 Å². The summed E-state index contributed by atoms with van der Waals surface area (Å²) >= 11 is 0. The number of ether oxygens (including phenoxy) is 1. The normalized spacial score (nSPS) is 13.6. The first-order chi connectivity index (χ1) is 9.91. The first-order valence-corrected chi connectivity index (χ1v) is 8.18. The third-order valence-electron chi connectivity index (χ3n) is 3.14. The van der Waals surface area contributed by atoms with Crippen LogP contribution in [0.2, 0.25) is 0 Å². The highest BCUT2D eigenvalue weighted by atomic mass is 16.6. The zero-order chi connectivity index (χ0) is 17.6. The molecule has 0 rings (SSSR count). The molecule has 0 aromatic heterocycles. The smallest absolute Gasteiger partial charge is 0.410 e. The lowest BCUT2D eigenvalue weighted by molar-refractivity contribution is -0.124. The second-order valence-electron chi connectivity index (χ2n) is 7.57. The van der Waals surface area contributed by atoms with Gasteiger partial charge in [-0.25, -0.2) is 4.79 Å². The third-order valence-corrected chi connectivity index (χ3v) is 3.14. The summed E-state index contributed by atoms with van der Waals surface area (Å²) < 4.78 is 5.43. The predicted octanol–water partition coefficient (Wildman–Crippen LogP) is 3.37. The molecule has 0 spiro atoms. The van der Waals surface area contributed by atoms with Gasteiger partial charge in [0.1, 0.15) is 5.60 Å². The predicted molar refractivity (Wildman–Crippen MR) is 90.1 cm³/mol. The average molecular weight is 314 g/mol. The van der Waals surface area contributed by atoms with Gasteiger partial charge in [0.05, 0.1) is 6.04 Å². The van der Waals surface area contributed by atoms with Crippen LogP contribution in [0.3, 0.4) is 0 Å². The lowest BCUT2D eigenvalue weighted by Gasteiger charge is -2.32.